The molecule has 0 atom stereocenters. The van der Waals surface area contributed by atoms with Gasteiger partial charge in [-0.05, 0) is 23.8 Å². The second kappa shape index (κ2) is 6.18. The predicted octanol–water partition coefficient (Wildman–Crippen LogP) is -1.30. The zero-order valence-electron chi connectivity index (χ0n) is 11.7. The van der Waals surface area contributed by atoms with Crippen LogP contribution in [-0.2, 0) is 0 Å². The van der Waals surface area contributed by atoms with Gasteiger partial charge in [-0.1, -0.05) is 30.3 Å². The van der Waals surface area contributed by atoms with Gasteiger partial charge >= 0.3 is 18.9 Å². The monoisotopic (exact) mass is 289 g/mol. The van der Waals surface area contributed by atoms with Crippen LogP contribution >= 0.6 is 0 Å². The van der Waals surface area contributed by atoms with E-state index < -0.39 is 22.9 Å². The molecular formula is C16H9FLiNO3. The number of nitrogens with one attached hydrogen (secondary N) is 1. The van der Waals surface area contributed by atoms with Crippen molar-refractivity contribution in [1.82, 2.24) is 4.98 Å². The molecule has 0 bridgehead atoms. The molecule has 3 aromatic rings. The van der Waals surface area contributed by atoms with E-state index in [0.29, 0.717) is 16.5 Å². The minimum atomic E-state index is -1.60. The van der Waals surface area contributed by atoms with Gasteiger partial charge in [0, 0.05) is 16.5 Å². The number of aromatic amines is 1. The minimum Gasteiger partial charge on any atom is -0.545 e. The first-order valence-corrected chi connectivity index (χ1v) is 6.20. The number of pyridine rings is 1. The van der Waals surface area contributed by atoms with Crippen LogP contribution in [0.15, 0.2) is 53.3 Å². The standard InChI is InChI=1S/C16H10FNO3.Li/c17-10-6-7-12-11(8-10)13(9-4-2-1-3-5-9)14(16(20)21)15(19)18-12;/h1-8H,(H,18,19)(H,20,21);/q;+1/p-1. The van der Waals surface area contributed by atoms with Crippen molar-refractivity contribution in [2.45, 2.75) is 0 Å². The van der Waals surface area contributed by atoms with E-state index in [1.54, 1.807) is 30.3 Å². The number of aromatic carboxylic acids is 1. The summed E-state index contributed by atoms with van der Waals surface area (Å²) in [7, 11) is 0. The summed E-state index contributed by atoms with van der Waals surface area (Å²) in [6.07, 6.45) is 0. The second-order valence-corrected chi connectivity index (χ2v) is 4.55. The van der Waals surface area contributed by atoms with Gasteiger partial charge in [0.1, 0.15) is 5.82 Å². The Bertz CT molecular complexity index is 906. The number of fused-ring (bicyclic) bond motifs is 1. The summed E-state index contributed by atoms with van der Waals surface area (Å²) in [5, 5.41) is 11.6. The molecule has 1 aromatic heterocycles. The van der Waals surface area contributed by atoms with E-state index in [0.717, 1.165) is 0 Å². The van der Waals surface area contributed by atoms with Crippen LogP contribution in [-0.4, -0.2) is 11.0 Å². The number of H-pyrrole nitrogens is 1. The van der Waals surface area contributed by atoms with Crippen molar-refractivity contribution in [2.24, 2.45) is 0 Å². The average Bonchev–Trinajstić information content (AvgIpc) is 2.47. The summed E-state index contributed by atoms with van der Waals surface area (Å²) in [5.41, 5.74) is -0.232. The van der Waals surface area contributed by atoms with E-state index in [9.17, 15) is 19.1 Å². The molecule has 104 valence electrons. The molecule has 0 fully saturated rings. The molecule has 4 nitrogen and oxygen atoms in total. The zero-order valence-corrected chi connectivity index (χ0v) is 11.7. The molecule has 2 aromatic carbocycles. The average molecular weight is 289 g/mol. The fourth-order valence-electron chi connectivity index (χ4n) is 2.36. The molecule has 0 saturated heterocycles. The molecule has 0 aliphatic rings. The number of rotatable bonds is 2. The number of carbonyl (C=O) groups is 1. The van der Waals surface area contributed by atoms with Crippen LogP contribution in [0.1, 0.15) is 10.4 Å². The first kappa shape index (κ1) is 16.0. The van der Waals surface area contributed by atoms with Crippen molar-refractivity contribution < 1.29 is 33.2 Å². The minimum absolute atomic E-state index is 0. The maximum absolute atomic E-state index is 13.5. The van der Waals surface area contributed by atoms with Crippen LogP contribution in [0.4, 0.5) is 4.39 Å². The van der Waals surface area contributed by atoms with Gasteiger partial charge in [0.15, 0.2) is 0 Å². The number of benzene rings is 2. The van der Waals surface area contributed by atoms with Crippen LogP contribution in [0.3, 0.4) is 0 Å². The number of halogens is 1. The molecule has 0 amide bonds. The van der Waals surface area contributed by atoms with Crippen LogP contribution in [0.5, 0.6) is 0 Å². The van der Waals surface area contributed by atoms with Gasteiger partial charge in [0.05, 0.1) is 11.5 Å². The Morgan fingerprint density at radius 3 is 2.41 bits per heavy atom. The molecule has 0 radical (unpaired) electrons. The van der Waals surface area contributed by atoms with Crippen LogP contribution in [0.2, 0.25) is 0 Å². The van der Waals surface area contributed by atoms with Crippen LogP contribution < -0.4 is 29.5 Å². The second-order valence-electron chi connectivity index (χ2n) is 4.55. The van der Waals surface area contributed by atoms with Crippen LogP contribution in [0.25, 0.3) is 22.0 Å². The fraction of sp³-hybridized carbons (Fsp3) is 0. The molecule has 22 heavy (non-hydrogen) atoms. The van der Waals surface area contributed by atoms with Gasteiger partial charge in [-0.2, -0.15) is 0 Å². The molecule has 0 aliphatic heterocycles. The largest absolute Gasteiger partial charge is 1.00 e. The van der Waals surface area contributed by atoms with Crippen molar-refractivity contribution in [3.8, 4) is 11.1 Å². The molecule has 0 aliphatic carbocycles. The van der Waals surface area contributed by atoms with E-state index in [1.165, 1.54) is 18.2 Å². The van der Waals surface area contributed by atoms with E-state index in [-0.39, 0.29) is 24.4 Å². The van der Waals surface area contributed by atoms with Gasteiger partial charge in [-0.3, -0.25) is 4.79 Å². The number of aromatic nitrogens is 1. The van der Waals surface area contributed by atoms with Gasteiger partial charge in [-0.25, -0.2) is 4.39 Å². The Morgan fingerprint density at radius 2 is 1.77 bits per heavy atom. The fourth-order valence-corrected chi connectivity index (χ4v) is 2.36. The number of carboxylic acids is 1. The molecule has 0 spiro atoms. The summed E-state index contributed by atoms with van der Waals surface area (Å²) in [5.74, 6) is -2.11. The maximum Gasteiger partial charge on any atom is 1.00 e. The molecule has 6 heteroatoms. The van der Waals surface area contributed by atoms with Crippen molar-refractivity contribution >= 4 is 16.9 Å². The van der Waals surface area contributed by atoms with Crippen molar-refractivity contribution in [1.29, 1.82) is 0 Å². The van der Waals surface area contributed by atoms with E-state index in [4.69, 9.17) is 0 Å². The number of carbonyl (C=O) groups excluding carboxylic acids is 1. The van der Waals surface area contributed by atoms with Crippen molar-refractivity contribution in [3.05, 3.63) is 70.3 Å². The molecule has 0 unspecified atom stereocenters. The summed E-state index contributed by atoms with van der Waals surface area (Å²) < 4.78 is 13.5. The van der Waals surface area contributed by atoms with Crippen molar-refractivity contribution in [3.63, 3.8) is 0 Å². The third kappa shape index (κ3) is 2.69. The number of hydrogen-bond acceptors (Lipinski definition) is 3. The molecule has 1 heterocycles. The van der Waals surface area contributed by atoms with Gasteiger partial charge in [0.2, 0.25) is 0 Å². The van der Waals surface area contributed by atoms with Gasteiger partial charge in [-0.15, -0.1) is 0 Å². The number of carboxylic acid groups (broad SMARTS) is 1. The smallest absolute Gasteiger partial charge is 0.545 e. The maximum atomic E-state index is 13.5. The van der Waals surface area contributed by atoms with Gasteiger partial charge < -0.3 is 14.9 Å². The summed E-state index contributed by atoms with van der Waals surface area (Å²) in [6.45, 7) is 0. The first-order valence-electron chi connectivity index (χ1n) is 6.20. The first-order chi connectivity index (χ1) is 10.1. The third-order valence-corrected chi connectivity index (χ3v) is 3.24. The zero-order chi connectivity index (χ0) is 15.0. The Labute approximate surface area is 136 Å². The number of hydrogen-bond donors (Lipinski definition) is 1. The summed E-state index contributed by atoms with van der Waals surface area (Å²) >= 11 is 0. The summed E-state index contributed by atoms with van der Waals surface area (Å²) in [4.78, 5) is 25.7. The third-order valence-electron chi connectivity index (χ3n) is 3.24. The molecule has 1 N–H and O–H groups in total. The molecule has 3 rings (SSSR count). The molecular weight excluding hydrogens is 280 g/mol. The van der Waals surface area contributed by atoms with Gasteiger partial charge in [0.25, 0.3) is 5.56 Å². The Balaban J connectivity index is 0.00000176. The van der Waals surface area contributed by atoms with Crippen molar-refractivity contribution in [2.75, 3.05) is 0 Å². The van der Waals surface area contributed by atoms with E-state index in [1.807, 2.05) is 0 Å². The molecule has 0 saturated carbocycles. The Morgan fingerprint density at radius 1 is 1.09 bits per heavy atom. The Kier molecular flexibility index (Phi) is 4.50. The topological polar surface area (TPSA) is 73.0 Å². The SMILES string of the molecule is O=C([O-])c1c(-c2ccccc2)c2cc(F)ccc2[nH]c1=O.[Li+]. The van der Waals surface area contributed by atoms with E-state index >= 15 is 0 Å². The van der Waals surface area contributed by atoms with E-state index in [2.05, 4.69) is 4.98 Å². The summed E-state index contributed by atoms with van der Waals surface area (Å²) in [6, 6.07) is 12.3. The normalized spacial score (nSPS) is 10.2. The predicted molar refractivity (Wildman–Crippen MR) is 74.3 cm³/mol. The Hall–Kier alpha value is -2.35. The quantitative estimate of drug-likeness (QED) is 0.596. The van der Waals surface area contributed by atoms with Crippen LogP contribution in [0, 0.1) is 5.82 Å².